The number of aromatic amines is 1. The summed E-state index contributed by atoms with van der Waals surface area (Å²) in [5, 5.41) is 4.09. The van der Waals surface area contributed by atoms with Crippen molar-refractivity contribution in [3.05, 3.63) is 35.5 Å². The second-order valence-electron chi connectivity index (χ2n) is 7.92. The van der Waals surface area contributed by atoms with Crippen LogP contribution in [0.4, 0.5) is 4.79 Å². The van der Waals surface area contributed by atoms with Crippen molar-refractivity contribution in [3.63, 3.8) is 0 Å². The quantitative estimate of drug-likeness (QED) is 0.883. The van der Waals surface area contributed by atoms with Gasteiger partial charge in [0.1, 0.15) is 11.6 Å². The molecule has 1 aliphatic rings. The lowest BCUT2D eigenvalue weighted by Gasteiger charge is -2.28. The third-order valence-electron chi connectivity index (χ3n) is 4.47. The number of fused-ring (bicyclic) bond motifs is 1. The van der Waals surface area contributed by atoms with E-state index in [1.807, 2.05) is 39.8 Å². The highest BCUT2D eigenvalue weighted by Gasteiger charge is 2.36. The van der Waals surface area contributed by atoms with Crippen molar-refractivity contribution in [1.82, 2.24) is 15.2 Å². The number of nitrogens with zero attached hydrogens (tertiary/aromatic N) is 1. The van der Waals surface area contributed by atoms with Crippen molar-refractivity contribution in [2.45, 2.75) is 58.7 Å². The van der Waals surface area contributed by atoms with E-state index in [-0.39, 0.29) is 5.91 Å². The molecule has 0 aliphatic carbocycles. The smallest absolute Gasteiger partial charge is 0.410 e. The molecular formula is C20H27N3O3. The van der Waals surface area contributed by atoms with E-state index in [1.54, 1.807) is 4.90 Å². The Morgan fingerprint density at radius 2 is 2.08 bits per heavy atom. The average Bonchev–Trinajstić information content (AvgIpc) is 3.15. The van der Waals surface area contributed by atoms with E-state index in [9.17, 15) is 9.59 Å². The van der Waals surface area contributed by atoms with Gasteiger partial charge in [-0.3, -0.25) is 9.69 Å². The normalized spacial score (nSPS) is 17.5. The number of hydrogen-bond acceptors (Lipinski definition) is 3. The summed E-state index contributed by atoms with van der Waals surface area (Å²) in [4.78, 5) is 29.7. The number of aromatic nitrogens is 1. The van der Waals surface area contributed by atoms with Crippen molar-refractivity contribution >= 4 is 22.9 Å². The number of carbonyl (C=O) groups is 2. The number of ether oxygens (including phenoxy) is 1. The molecule has 1 aromatic heterocycles. The molecule has 1 aliphatic heterocycles. The third kappa shape index (κ3) is 4.18. The lowest BCUT2D eigenvalue weighted by Crippen LogP contribution is -2.47. The van der Waals surface area contributed by atoms with Crippen molar-refractivity contribution in [3.8, 4) is 0 Å². The molecule has 0 radical (unpaired) electrons. The van der Waals surface area contributed by atoms with E-state index in [0.717, 1.165) is 28.6 Å². The fraction of sp³-hybridized carbons (Fsp3) is 0.500. The van der Waals surface area contributed by atoms with Gasteiger partial charge in [-0.25, -0.2) is 4.79 Å². The Hall–Kier alpha value is -2.50. The van der Waals surface area contributed by atoms with Gasteiger partial charge in [-0.15, -0.1) is 0 Å². The molecule has 2 aromatic rings. The highest BCUT2D eigenvalue weighted by Crippen LogP contribution is 2.21. The fourth-order valence-corrected chi connectivity index (χ4v) is 3.32. The summed E-state index contributed by atoms with van der Waals surface area (Å²) in [7, 11) is 0. The van der Waals surface area contributed by atoms with E-state index in [2.05, 4.69) is 22.4 Å². The van der Waals surface area contributed by atoms with Gasteiger partial charge in [0.25, 0.3) is 0 Å². The molecule has 1 aromatic carbocycles. The van der Waals surface area contributed by atoms with Gasteiger partial charge in [0.15, 0.2) is 0 Å². The Labute approximate surface area is 153 Å². The average molecular weight is 357 g/mol. The lowest BCUT2D eigenvalue weighted by molar-refractivity contribution is -0.125. The van der Waals surface area contributed by atoms with Gasteiger partial charge < -0.3 is 15.0 Å². The number of aryl methyl sites for hydroxylation is 1. The van der Waals surface area contributed by atoms with Crippen LogP contribution in [0.2, 0.25) is 0 Å². The van der Waals surface area contributed by atoms with Crippen LogP contribution in [0.25, 0.3) is 10.9 Å². The zero-order valence-corrected chi connectivity index (χ0v) is 15.9. The SMILES string of the molecule is Cc1cc2cc(CNC(=O)C3CCCN3C(=O)OC(C)(C)C)ccc2[nH]1. The van der Waals surface area contributed by atoms with E-state index in [0.29, 0.717) is 19.5 Å². The molecule has 140 valence electrons. The van der Waals surface area contributed by atoms with Crippen LogP contribution >= 0.6 is 0 Å². The Balaban J connectivity index is 1.61. The van der Waals surface area contributed by atoms with Crippen molar-refractivity contribution in [2.24, 2.45) is 0 Å². The van der Waals surface area contributed by atoms with Crippen LogP contribution < -0.4 is 5.32 Å². The summed E-state index contributed by atoms with van der Waals surface area (Å²) in [5.74, 6) is -0.126. The van der Waals surface area contributed by atoms with E-state index in [1.165, 1.54) is 0 Å². The number of amides is 2. The first-order valence-corrected chi connectivity index (χ1v) is 9.08. The number of H-pyrrole nitrogens is 1. The summed E-state index contributed by atoms with van der Waals surface area (Å²) in [6.07, 6.45) is 1.06. The molecule has 1 fully saturated rings. The molecule has 1 saturated heterocycles. The summed E-state index contributed by atoms with van der Waals surface area (Å²) >= 11 is 0. The molecule has 6 heteroatoms. The molecule has 1 unspecified atom stereocenters. The second kappa shape index (κ2) is 7.02. The van der Waals surface area contributed by atoms with Crippen LogP contribution in [0, 0.1) is 6.92 Å². The molecule has 2 amide bonds. The summed E-state index contributed by atoms with van der Waals surface area (Å²) in [6.45, 7) is 8.50. The largest absolute Gasteiger partial charge is 0.444 e. The Bertz CT molecular complexity index is 819. The standard InChI is InChI=1S/C20H27N3O3/c1-13-10-15-11-14(7-8-16(15)22-13)12-21-18(24)17-6-5-9-23(17)19(25)26-20(2,3)4/h7-8,10-11,17,22H,5-6,9,12H2,1-4H3,(H,21,24). The molecule has 0 spiro atoms. The Morgan fingerprint density at radius 1 is 1.31 bits per heavy atom. The first-order valence-electron chi connectivity index (χ1n) is 9.08. The number of benzene rings is 1. The molecule has 6 nitrogen and oxygen atoms in total. The van der Waals surface area contributed by atoms with Crippen LogP contribution in [0.15, 0.2) is 24.3 Å². The summed E-state index contributed by atoms with van der Waals surface area (Å²) in [6, 6.07) is 7.72. The summed E-state index contributed by atoms with van der Waals surface area (Å²) < 4.78 is 5.42. The first kappa shape index (κ1) is 18.3. The predicted octanol–water partition coefficient (Wildman–Crippen LogP) is 3.49. The molecule has 1 atom stereocenters. The van der Waals surface area contributed by atoms with Crippen LogP contribution in [0.5, 0.6) is 0 Å². The van der Waals surface area contributed by atoms with E-state index >= 15 is 0 Å². The minimum atomic E-state index is -0.565. The third-order valence-corrected chi connectivity index (χ3v) is 4.47. The topological polar surface area (TPSA) is 74.4 Å². The molecule has 2 N–H and O–H groups in total. The van der Waals surface area contributed by atoms with Gasteiger partial charge in [-0.1, -0.05) is 6.07 Å². The lowest BCUT2D eigenvalue weighted by atomic mass is 10.1. The minimum Gasteiger partial charge on any atom is -0.444 e. The first-order chi connectivity index (χ1) is 12.2. The number of hydrogen-bond donors (Lipinski definition) is 2. The number of carbonyl (C=O) groups excluding carboxylic acids is 2. The van der Waals surface area contributed by atoms with E-state index < -0.39 is 17.7 Å². The van der Waals surface area contributed by atoms with Crippen LogP contribution in [0.3, 0.4) is 0 Å². The van der Waals surface area contributed by atoms with Gasteiger partial charge in [0, 0.05) is 24.3 Å². The summed E-state index contributed by atoms with van der Waals surface area (Å²) in [5.41, 5.74) is 2.67. The van der Waals surface area contributed by atoms with Crippen LogP contribution in [-0.2, 0) is 16.1 Å². The maximum atomic E-state index is 12.6. The highest BCUT2D eigenvalue weighted by molar-refractivity contribution is 5.86. The molecule has 3 rings (SSSR count). The molecule has 2 heterocycles. The Kier molecular flexibility index (Phi) is 4.94. The molecular weight excluding hydrogens is 330 g/mol. The Morgan fingerprint density at radius 3 is 2.81 bits per heavy atom. The number of nitrogens with one attached hydrogen (secondary N) is 2. The van der Waals surface area contributed by atoms with Gasteiger partial charge in [0.05, 0.1) is 0 Å². The molecule has 26 heavy (non-hydrogen) atoms. The van der Waals surface area contributed by atoms with Crippen molar-refractivity contribution in [2.75, 3.05) is 6.54 Å². The van der Waals surface area contributed by atoms with Crippen molar-refractivity contribution < 1.29 is 14.3 Å². The van der Waals surface area contributed by atoms with Gasteiger partial charge >= 0.3 is 6.09 Å². The fourth-order valence-electron chi connectivity index (χ4n) is 3.32. The minimum absolute atomic E-state index is 0.126. The van der Waals surface area contributed by atoms with Gasteiger partial charge in [-0.05, 0) is 69.7 Å². The highest BCUT2D eigenvalue weighted by atomic mass is 16.6. The van der Waals surface area contributed by atoms with Gasteiger partial charge in [-0.2, -0.15) is 0 Å². The second-order valence-corrected chi connectivity index (χ2v) is 7.92. The number of rotatable bonds is 3. The zero-order valence-electron chi connectivity index (χ0n) is 15.9. The maximum Gasteiger partial charge on any atom is 0.410 e. The van der Waals surface area contributed by atoms with Gasteiger partial charge in [0.2, 0.25) is 5.91 Å². The van der Waals surface area contributed by atoms with E-state index in [4.69, 9.17) is 4.74 Å². The monoisotopic (exact) mass is 357 g/mol. The zero-order chi connectivity index (χ0) is 18.9. The predicted molar refractivity (Wildman–Crippen MR) is 101 cm³/mol. The van der Waals surface area contributed by atoms with Crippen LogP contribution in [0.1, 0.15) is 44.9 Å². The van der Waals surface area contributed by atoms with Crippen LogP contribution in [-0.4, -0.2) is 40.1 Å². The molecule has 0 saturated carbocycles. The molecule has 0 bridgehead atoms. The van der Waals surface area contributed by atoms with Crippen molar-refractivity contribution in [1.29, 1.82) is 0 Å². The number of likely N-dealkylation sites (tertiary alicyclic amines) is 1. The maximum absolute atomic E-state index is 12.6.